The fourth-order valence-corrected chi connectivity index (χ4v) is 3.15. The van der Waals surface area contributed by atoms with Gasteiger partial charge in [0.25, 0.3) is 0 Å². The molecular formula is C18H30N2O. The van der Waals surface area contributed by atoms with Crippen molar-refractivity contribution in [2.45, 2.75) is 59.2 Å². The van der Waals surface area contributed by atoms with Gasteiger partial charge in [0.15, 0.2) is 0 Å². The highest BCUT2D eigenvalue weighted by Crippen LogP contribution is 2.30. The predicted octanol–water partition coefficient (Wildman–Crippen LogP) is 3.35. The van der Waals surface area contributed by atoms with Crippen molar-refractivity contribution in [2.75, 3.05) is 20.2 Å². The summed E-state index contributed by atoms with van der Waals surface area (Å²) in [6.45, 7) is 10.3. The van der Waals surface area contributed by atoms with Crippen LogP contribution in [0.1, 0.15) is 50.3 Å². The van der Waals surface area contributed by atoms with Crippen molar-refractivity contribution in [3.8, 4) is 5.75 Å². The SMILES string of the molecule is CCCNCc1cc2c(cc1OCC)CN(C)C(CC)C2. The highest BCUT2D eigenvalue weighted by atomic mass is 16.5. The van der Waals surface area contributed by atoms with Gasteiger partial charge in [-0.1, -0.05) is 19.9 Å². The largest absolute Gasteiger partial charge is 0.494 e. The van der Waals surface area contributed by atoms with Crippen LogP contribution in [0.5, 0.6) is 5.75 Å². The van der Waals surface area contributed by atoms with Gasteiger partial charge in [0.2, 0.25) is 0 Å². The van der Waals surface area contributed by atoms with Crippen molar-refractivity contribution in [2.24, 2.45) is 0 Å². The Balaban J connectivity index is 2.24. The molecule has 118 valence electrons. The second-order valence-corrected chi connectivity index (χ2v) is 6.02. The van der Waals surface area contributed by atoms with E-state index >= 15 is 0 Å². The van der Waals surface area contributed by atoms with Crippen molar-refractivity contribution >= 4 is 0 Å². The Hall–Kier alpha value is -1.06. The molecule has 1 aliphatic heterocycles. The molecule has 1 aromatic carbocycles. The van der Waals surface area contributed by atoms with E-state index in [9.17, 15) is 0 Å². The molecule has 1 atom stereocenters. The van der Waals surface area contributed by atoms with Gasteiger partial charge in [-0.25, -0.2) is 0 Å². The van der Waals surface area contributed by atoms with E-state index in [0.717, 1.165) is 44.8 Å². The Morgan fingerprint density at radius 1 is 1.24 bits per heavy atom. The lowest BCUT2D eigenvalue weighted by molar-refractivity contribution is 0.209. The molecule has 1 heterocycles. The second kappa shape index (κ2) is 7.81. The number of nitrogens with one attached hydrogen (secondary N) is 1. The molecule has 0 saturated carbocycles. The summed E-state index contributed by atoms with van der Waals surface area (Å²) in [5.74, 6) is 1.06. The molecule has 2 rings (SSSR count). The number of ether oxygens (including phenoxy) is 1. The molecule has 3 heteroatoms. The van der Waals surface area contributed by atoms with Crippen LogP contribution in [-0.4, -0.2) is 31.1 Å². The number of likely N-dealkylation sites (N-methyl/N-ethyl adjacent to an activating group) is 1. The first-order chi connectivity index (χ1) is 10.2. The van der Waals surface area contributed by atoms with Gasteiger partial charge < -0.3 is 10.1 Å². The van der Waals surface area contributed by atoms with Crippen molar-refractivity contribution in [1.29, 1.82) is 0 Å². The molecule has 0 saturated heterocycles. The van der Waals surface area contributed by atoms with Crippen LogP contribution in [0.25, 0.3) is 0 Å². The second-order valence-electron chi connectivity index (χ2n) is 6.02. The number of fused-ring (bicyclic) bond motifs is 1. The number of rotatable bonds is 7. The van der Waals surface area contributed by atoms with E-state index < -0.39 is 0 Å². The number of nitrogens with zero attached hydrogens (tertiary/aromatic N) is 1. The van der Waals surface area contributed by atoms with E-state index in [4.69, 9.17) is 4.74 Å². The summed E-state index contributed by atoms with van der Waals surface area (Å²) < 4.78 is 5.86. The summed E-state index contributed by atoms with van der Waals surface area (Å²) in [4.78, 5) is 2.47. The van der Waals surface area contributed by atoms with Gasteiger partial charge >= 0.3 is 0 Å². The van der Waals surface area contributed by atoms with E-state index in [1.54, 1.807) is 0 Å². The van der Waals surface area contributed by atoms with E-state index in [1.165, 1.54) is 23.1 Å². The predicted molar refractivity (Wildman–Crippen MR) is 88.9 cm³/mol. The molecule has 1 N–H and O–H groups in total. The molecule has 0 bridgehead atoms. The normalized spacial score (nSPS) is 18.6. The third-order valence-electron chi connectivity index (χ3n) is 4.39. The Kier molecular flexibility index (Phi) is 6.07. The first-order valence-electron chi connectivity index (χ1n) is 8.37. The highest BCUT2D eigenvalue weighted by Gasteiger charge is 2.23. The zero-order chi connectivity index (χ0) is 15.2. The molecule has 0 amide bonds. The molecule has 1 aromatic rings. The van der Waals surface area contributed by atoms with Crippen LogP contribution >= 0.6 is 0 Å². The van der Waals surface area contributed by atoms with Gasteiger partial charge in [-0.2, -0.15) is 0 Å². The molecule has 1 unspecified atom stereocenters. The Morgan fingerprint density at radius 3 is 2.71 bits per heavy atom. The summed E-state index contributed by atoms with van der Waals surface area (Å²) in [6, 6.07) is 5.31. The van der Waals surface area contributed by atoms with Crippen LogP contribution in [0, 0.1) is 0 Å². The van der Waals surface area contributed by atoms with Gasteiger partial charge in [-0.05, 0) is 57.0 Å². The summed E-state index contributed by atoms with van der Waals surface area (Å²) in [5.41, 5.74) is 4.25. The van der Waals surface area contributed by atoms with Crippen LogP contribution in [0.15, 0.2) is 12.1 Å². The fraction of sp³-hybridized carbons (Fsp3) is 0.667. The third kappa shape index (κ3) is 3.98. The molecule has 0 fully saturated rings. The molecule has 21 heavy (non-hydrogen) atoms. The topological polar surface area (TPSA) is 24.5 Å². The average Bonchev–Trinajstić information content (AvgIpc) is 2.48. The molecule has 3 nitrogen and oxygen atoms in total. The first-order valence-corrected chi connectivity index (χ1v) is 8.37. The zero-order valence-corrected chi connectivity index (χ0v) is 14.0. The summed E-state index contributed by atoms with van der Waals surface area (Å²) in [6.07, 6.45) is 3.54. The monoisotopic (exact) mass is 290 g/mol. The number of hydrogen-bond acceptors (Lipinski definition) is 3. The van der Waals surface area contributed by atoms with Crippen LogP contribution in [0.4, 0.5) is 0 Å². The maximum Gasteiger partial charge on any atom is 0.124 e. The molecular weight excluding hydrogens is 260 g/mol. The summed E-state index contributed by atoms with van der Waals surface area (Å²) in [5, 5.41) is 3.50. The van der Waals surface area contributed by atoms with Crippen molar-refractivity contribution < 1.29 is 4.74 Å². The zero-order valence-electron chi connectivity index (χ0n) is 14.0. The minimum atomic E-state index is 0.673. The molecule has 0 radical (unpaired) electrons. The fourth-order valence-electron chi connectivity index (χ4n) is 3.15. The minimum Gasteiger partial charge on any atom is -0.494 e. The van der Waals surface area contributed by atoms with Crippen LogP contribution in [-0.2, 0) is 19.5 Å². The summed E-state index contributed by atoms with van der Waals surface area (Å²) >= 11 is 0. The van der Waals surface area contributed by atoms with Gasteiger partial charge in [0.1, 0.15) is 5.75 Å². The minimum absolute atomic E-state index is 0.673. The van der Waals surface area contributed by atoms with Gasteiger partial charge in [-0.15, -0.1) is 0 Å². The Bertz CT molecular complexity index is 459. The lowest BCUT2D eigenvalue weighted by atomic mass is 9.91. The van der Waals surface area contributed by atoms with Gasteiger partial charge in [-0.3, -0.25) is 4.90 Å². The lowest BCUT2D eigenvalue weighted by Gasteiger charge is -2.34. The number of hydrogen-bond donors (Lipinski definition) is 1. The highest BCUT2D eigenvalue weighted by molar-refractivity contribution is 5.44. The quantitative estimate of drug-likeness (QED) is 0.779. The standard InChI is InChI=1S/C18H30N2O/c1-5-8-19-12-15-9-14-10-17(6-2)20(4)13-16(14)11-18(15)21-7-3/h9,11,17,19H,5-8,10,12-13H2,1-4H3. The molecule has 0 spiro atoms. The Labute approximate surface area is 129 Å². The number of benzene rings is 1. The van der Waals surface area contributed by atoms with E-state index in [0.29, 0.717) is 6.04 Å². The van der Waals surface area contributed by atoms with E-state index in [-0.39, 0.29) is 0 Å². The lowest BCUT2D eigenvalue weighted by Crippen LogP contribution is -2.37. The smallest absolute Gasteiger partial charge is 0.124 e. The van der Waals surface area contributed by atoms with E-state index in [1.807, 2.05) is 0 Å². The van der Waals surface area contributed by atoms with Gasteiger partial charge in [0, 0.05) is 24.7 Å². The summed E-state index contributed by atoms with van der Waals surface area (Å²) in [7, 11) is 2.23. The van der Waals surface area contributed by atoms with Crippen molar-refractivity contribution in [1.82, 2.24) is 10.2 Å². The maximum absolute atomic E-state index is 5.86. The van der Waals surface area contributed by atoms with Crippen molar-refractivity contribution in [3.63, 3.8) is 0 Å². The van der Waals surface area contributed by atoms with Gasteiger partial charge in [0.05, 0.1) is 6.61 Å². The first kappa shape index (κ1) is 16.3. The van der Waals surface area contributed by atoms with E-state index in [2.05, 4.69) is 50.2 Å². The molecule has 0 aromatic heterocycles. The average molecular weight is 290 g/mol. The van der Waals surface area contributed by atoms with Crippen LogP contribution in [0.3, 0.4) is 0 Å². The molecule has 1 aliphatic rings. The van der Waals surface area contributed by atoms with Crippen molar-refractivity contribution in [3.05, 3.63) is 28.8 Å². The molecule has 0 aliphatic carbocycles. The van der Waals surface area contributed by atoms with Crippen LogP contribution < -0.4 is 10.1 Å². The van der Waals surface area contributed by atoms with Crippen LogP contribution in [0.2, 0.25) is 0 Å². The third-order valence-corrected chi connectivity index (χ3v) is 4.39. The Morgan fingerprint density at radius 2 is 2.05 bits per heavy atom. The maximum atomic E-state index is 5.86.